The number of hydrogen-bond donors (Lipinski definition) is 1. The van der Waals surface area contributed by atoms with Gasteiger partial charge in [-0.1, -0.05) is 18.2 Å². The zero-order valence-corrected chi connectivity index (χ0v) is 18.2. The van der Waals surface area contributed by atoms with E-state index >= 15 is 0 Å². The maximum absolute atomic E-state index is 13.9. The van der Waals surface area contributed by atoms with E-state index in [0.29, 0.717) is 6.54 Å². The molecule has 3 amide bonds. The summed E-state index contributed by atoms with van der Waals surface area (Å²) in [6, 6.07) is 9.18. The lowest BCUT2D eigenvalue weighted by Crippen LogP contribution is -2.54. The molecule has 168 valence electrons. The van der Waals surface area contributed by atoms with E-state index in [1.165, 1.54) is 24.3 Å². The van der Waals surface area contributed by atoms with Gasteiger partial charge < -0.3 is 5.32 Å². The van der Waals surface area contributed by atoms with Gasteiger partial charge in [0.15, 0.2) is 0 Å². The minimum absolute atomic E-state index is 0.173. The van der Waals surface area contributed by atoms with E-state index in [0.717, 1.165) is 40.1 Å². The minimum Gasteiger partial charge on any atom is -0.324 e. The van der Waals surface area contributed by atoms with Gasteiger partial charge in [-0.25, -0.2) is 4.90 Å². The molecule has 4 unspecified atom stereocenters. The molecule has 0 saturated carbocycles. The molecule has 1 N–H and O–H groups in total. The molecule has 0 aliphatic carbocycles. The zero-order valence-electron chi connectivity index (χ0n) is 18.2. The van der Waals surface area contributed by atoms with Gasteiger partial charge in [0, 0.05) is 29.4 Å². The molecule has 9 heteroatoms. The molecule has 0 bridgehead atoms. The van der Waals surface area contributed by atoms with Crippen molar-refractivity contribution in [3.05, 3.63) is 63.2 Å². The van der Waals surface area contributed by atoms with Gasteiger partial charge in [-0.2, -0.15) is 0 Å². The minimum atomic E-state index is -1.25. The Bertz CT molecular complexity index is 1290. The van der Waals surface area contributed by atoms with Crippen LogP contribution in [-0.2, 0) is 19.9 Å². The average Bonchev–Trinajstić information content (AvgIpc) is 3.49. The van der Waals surface area contributed by atoms with Crippen molar-refractivity contribution in [3.8, 4) is 0 Å². The highest BCUT2D eigenvalue weighted by Gasteiger charge is 2.74. The number of imide groups is 1. The maximum Gasteiger partial charge on any atom is 0.271 e. The summed E-state index contributed by atoms with van der Waals surface area (Å²) in [6.45, 7) is 4.55. The summed E-state index contributed by atoms with van der Waals surface area (Å²) in [7, 11) is 0. The van der Waals surface area contributed by atoms with E-state index in [-0.39, 0.29) is 29.2 Å². The Morgan fingerprint density at radius 1 is 1.12 bits per heavy atom. The number of benzene rings is 2. The predicted molar refractivity (Wildman–Crippen MR) is 119 cm³/mol. The molecule has 9 nitrogen and oxygen atoms in total. The van der Waals surface area contributed by atoms with Gasteiger partial charge >= 0.3 is 0 Å². The van der Waals surface area contributed by atoms with Gasteiger partial charge in [0.25, 0.3) is 5.69 Å². The fourth-order valence-corrected chi connectivity index (χ4v) is 6.52. The van der Waals surface area contributed by atoms with Crippen LogP contribution in [0.3, 0.4) is 0 Å². The van der Waals surface area contributed by atoms with E-state index in [1.54, 1.807) is 0 Å². The molecule has 3 saturated heterocycles. The van der Waals surface area contributed by atoms with Crippen LogP contribution in [0.15, 0.2) is 36.4 Å². The molecule has 0 aromatic heterocycles. The average molecular weight is 446 g/mol. The van der Waals surface area contributed by atoms with Crippen LogP contribution in [0.5, 0.6) is 0 Å². The number of nitrogens with zero attached hydrogens (tertiary/aromatic N) is 3. The van der Waals surface area contributed by atoms with Gasteiger partial charge in [0.2, 0.25) is 17.7 Å². The molecule has 4 aliphatic rings. The molecule has 4 atom stereocenters. The van der Waals surface area contributed by atoms with Crippen molar-refractivity contribution in [2.24, 2.45) is 11.8 Å². The highest BCUT2D eigenvalue weighted by Crippen LogP contribution is 2.61. The highest BCUT2D eigenvalue weighted by molar-refractivity contribution is 6.26. The number of anilines is 2. The molecule has 2 aromatic rings. The zero-order chi connectivity index (χ0) is 23.2. The Hall–Kier alpha value is -3.59. The van der Waals surface area contributed by atoms with Crippen molar-refractivity contribution in [3.63, 3.8) is 0 Å². The van der Waals surface area contributed by atoms with E-state index in [2.05, 4.69) is 10.2 Å². The lowest BCUT2D eigenvalue weighted by Gasteiger charge is -2.36. The SMILES string of the molecule is Cc1ccc2c(c1C)NC(=O)C21C2C(=O)N(c3cccc([N+](=O)[O-])c3)C(=O)C2C2CCCN21. The second-order valence-electron chi connectivity index (χ2n) is 9.35. The van der Waals surface area contributed by atoms with E-state index < -0.39 is 28.2 Å². The second-order valence-corrected chi connectivity index (χ2v) is 9.35. The smallest absolute Gasteiger partial charge is 0.271 e. The lowest BCUT2D eigenvalue weighted by molar-refractivity contribution is -0.384. The summed E-state index contributed by atoms with van der Waals surface area (Å²) in [6.07, 6.45) is 1.56. The topological polar surface area (TPSA) is 113 Å². The molecule has 4 aliphatic heterocycles. The van der Waals surface area contributed by atoms with Gasteiger partial charge in [-0.15, -0.1) is 0 Å². The molecular weight excluding hydrogens is 424 g/mol. The molecule has 3 fully saturated rings. The van der Waals surface area contributed by atoms with Crippen LogP contribution >= 0.6 is 0 Å². The van der Waals surface area contributed by atoms with Crippen molar-refractivity contribution in [2.75, 3.05) is 16.8 Å². The first-order chi connectivity index (χ1) is 15.8. The summed E-state index contributed by atoms with van der Waals surface area (Å²) < 4.78 is 0. The number of aryl methyl sites for hydroxylation is 1. The summed E-state index contributed by atoms with van der Waals surface area (Å²) in [5.74, 6) is -2.67. The van der Waals surface area contributed by atoms with Crippen LogP contribution < -0.4 is 10.2 Å². The third-order valence-corrected chi connectivity index (χ3v) is 8.00. The number of nitro benzene ring substituents is 1. The number of hydrogen-bond acceptors (Lipinski definition) is 6. The van der Waals surface area contributed by atoms with Crippen molar-refractivity contribution < 1.29 is 19.3 Å². The van der Waals surface area contributed by atoms with Crippen molar-refractivity contribution >= 4 is 34.8 Å². The number of nitro groups is 1. The molecule has 1 spiro atoms. The van der Waals surface area contributed by atoms with E-state index in [1.807, 2.05) is 26.0 Å². The standard InChI is InChI=1S/C24H22N4O5/c1-12-8-9-16-20(13(12)2)25-23(31)24(16)19-18(17-7-4-10-26(17)24)21(29)27(22(19)30)14-5-3-6-15(11-14)28(32)33/h3,5-6,8-9,11,17-19H,4,7,10H2,1-2H3,(H,25,31). The third kappa shape index (κ3) is 2.27. The number of amides is 3. The first-order valence-corrected chi connectivity index (χ1v) is 11.1. The van der Waals surface area contributed by atoms with E-state index in [9.17, 15) is 24.5 Å². The van der Waals surface area contributed by atoms with Crippen LogP contribution in [0.2, 0.25) is 0 Å². The van der Waals surface area contributed by atoms with Crippen molar-refractivity contribution in [2.45, 2.75) is 38.3 Å². The second kappa shape index (κ2) is 6.48. The normalized spacial score (nSPS) is 30.1. The summed E-state index contributed by atoms with van der Waals surface area (Å²) in [4.78, 5) is 55.2. The molecule has 33 heavy (non-hydrogen) atoms. The molecule has 4 heterocycles. The third-order valence-electron chi connectivity index (χ3n) is 8.00. The van der Waals surface area contributed by atoms with Gasteiger partial charge in [-0.05, 0) is 50.4 Å². The quantitative estimate of drug-likeness (QED) is 0.431. The number of carbonyl (C=O) groups excluding carboxylic acids is 3. The lowest BCUT2D eigenvalue weighted by atomic mass is 9.75. The Morgan fingerprint density at radius 2 is 1.91 bits per heavy atom. The van der Waals surface area contributed by atoms with Crippen LogP contribution in [-0.4, -0.2) is 40.1 Å². The largest absolute Gasteiger partial charge is 0.324 e. The summed E-state index contributed by atoms with van der Waals surface area (Å²) >= 11 is 0. The number of rotatable bonds is 2. The van der Waals surface area contributed by atoms with Gasteiger partial charge in [0.1, 0.15) is 5.54 Å². The van der Waals surface area contributed by atoms with Crippen LogP contribution in [0.4, 0.5) is 17.1 Å². The first kappa shape index (κ1) is 20.0. The van der Waals surface area contributed by atoms with Crippen molar-refractivity contribution in [1.82, 2.24) is 4.90 Å². The summed E-state index contributed by atoms with van der Waals surface area (Å²) in [5, 5.41) is 14.3. The highest BCUT2D eigenvalue weighted by atomic mass is 16.6. The number of non-ortho nitro benzene ring substituents is 1. The molecular formula is C24H22N4O5. The van der Waals surface area contributed by atoms with Crippen LogP contribution in [0.1, 0.15) is 29.5 Å². The predicted octanol–water partition coefficient (Wildman–Crippen LogP) is 2.64. The molecule has 2 aromatic carbocycles. The fourth-order valence-electron chi connectivity index (χ4n) is 6.52. The Labute approximate surface area is 189 Å². The van der Waals surface area contributed by atoms with Gasteiger partial charge in [0.05, 0.1) is 22.4 Å². The Balaban J connectivity index is 1.55. The first-order valence-electron chi connectivity index (χ1n) is 11.1. The monoisotopic (exact) mass is 446 g/mol. The number of nitrogens with one attached hydrogen (secondary N) is 1. The Morgan fingerprint density at radius 3 is 2.67 bits per heavy atom. The van der Waals surface area contributed by atoms with Gasteiger partial charge in [-0.3, -0.25) is 29.4 Å². The fraction of sp³-hybridized carbons (Fsp3) is 0.375. The Kier molecular flexibility index (Phi) is 3.93. The van der Waals surface area contributed by atoms with E-state index in [4.69, 9.17) is 0 Å². The number of carbonyl (C=O) groups is 3. The summed E-state index contributed by atoms with van der Waals surface area (Å²) in [5.41, 5.74) is 2.18. The number of fused-ring (bicyclic) bond motifs is 7. The van der Waals surface area contributed by atoms with Crippen LogP contribution in [0.25, 0.3) is 0 Å². The molecule has 0 radical (unpaired) electrons. The molecule has 6 rings (SSSR count). The van der Waals surface area contributed by atoms with Crippen molar-refractivity contribution in [1.29, 1.82) is 0 Å². The van der Waals surface area contributed by atoms with Crippen LogP contribution in [0, 0.1) is 35.8 Å². The maximum atomic E-state index is 13.9.